The molecule has 2 aromatic carbocycles. The summed E-state index contributed by atoms with van der Waals surface area (Å²) >= 11 is 0. The first-order valence-corrected chi connectivity index (χ1v) is 8.32. The van der Waals surface area contributed by atoms with E-state index in [2.05, 4.69) is 15.4 Å². The van der Waals surface area contributed by atoms with E-state index in [1.165, 1.54) is 0 Å². The average Bonchev–Trinajstić information content (AvgIpc) is 3.09. The fourth-order valence-corrected chi connectivity index (χ4v) is 3.10. The average molecular weight is 395 g/mol. The van der Waals surface area contributed by atoms with Crippen LogP contribution < -0.4 is 34.3 Å². The summed E-state index contributed by atoms with van der Waals surface area (Å²) in [6.07, 6.45) is -0.169. The van der Waals surface area contributed by atoms with E-state index < -0.39 is 11.9 Å². The van der Waals surface area contributed by atoms with Crippen LogP contribution in [0.4, 0.5) is 8.78 Å². The number of hydrogen-bond donors (Lipinski definition) is 2. The molecule has 1 saturated carbocycles. The fraction of sp³-hybridized carbons (Fsp3) is 0.211. The molecule has 4 rings (SSSR count). The van der Waals surface area contributed by atoms with Gasteiger partial charge in [0.05, 0.1) is 0 Å². The molecule has 0 atom stereocenters. The SMILES string of the molecule is O=C(O)c1[nH]nnc1Oc1ccc(-c2ccc(C3CC(F)(F)C3)cc2)cc1.[H-].[Na+]. The molecular formula is C19H16F2N3NaO3. The minimum Gasteiger partial charge on any atom is -1.00 e. The van der Waals surface area contributed by atoms with Crippen LogP contribution in [0.15, 0.2) is 48.5 Å². The van der Waals surface area contributed by atoms with Gasteiger partial charge in [0, 0.05) is 12.8 Å². The zero-order valence-corrected chi connectivity index (χ0v) is 17.0. The second-order valence-electron chi connectivity index (χ2n) is 6.51. The molecule has 1 heterocycles. The number of alkyl halides is 2. The van der Waals surface area contributed by atoms with E-state index in [0.717, 1.165) is 16.7 Å². The molecule has 0 spiro atoms. The van der Waals surface area contributed by atoms with Crippen molar-refractivity contribution in [3.63, 3.8) is 0 Å². The van der Waals surface area contributed by atoms with Gasteiger partial charge in [-0.15, -0.1) is 0 Å². The number of nitrogens with one attached hydrogen (secondary N) is 1. The van der Waals surface area contributed by atoms with Crippen LogP contribution in [0.5, 0.6) is 11.6 Å². The van der Waals surface area contributed by atoms with Gasteiger partial charge in [-0.3, -0.25) is 0 Å². The van der Waals surface area contributed by atoms with Crippen LogP contribution in [0.3, 0.4) is 0 Å². The molecule has 0 unspecified atom stereocenters. The van der Waals surface area contributed by atoms with Crippen molar-refractivity contribution in [3.05, 3.63) is 59.8 Å². The summed E-state index contributed by atoms with van der Waals surface area (Å²) < 4.78 is 31.4. The maximum absolute atomic E-state index is 13.0. The van der Waals surface area contributed by atoms with E-state index in [4.69, 9.17) is 9.84 Å². The van der Waals surface area contributed by atoms with Gasteiger partial charge in [0.15, 0.2) is 0 Å². The van der Waals surface area contributed by atoms with Crippen molar-refractivity contribution >= 4 is 5.97 Å². The quantitative estimate of drug-likeness (QED) is 0.641. The van der Waals surface area contributed by atoms with E-state index in [1.807, 2.05) is 36.4 Å². The van der Waals surface area contributed by atoms with Crippen LogP contribution in [0.1, 0.15) is 36.2 Å². The number of carbonyl (C=O) groups is 1. The fourth-order valence-electron chi connectivity index (χ4n) is 3.10. The van der Waals surface area contributed by atoms with Gasteiger partial charge in [0.2, 0.25) is 11.6 Å². The summed E-state index contributed by atoms with van der Waals surface area (Å²) in [5.41, 5.74) is 2.57. The van der Waals surface area contributed by atoms with Gasteiger partial charge in [0.25, 0.3) is 5.88 Å². The zero-order valence-electron chi connectivity index (χ0n) is 16.0. The van der Waals surface area contributed by atoms with Gasteiger partial charge in [-0.1, -0.05) is 46.7 Å². The summed E-state index contributed by atoms with van der Waals surface area (Å²) in [5, 5.41) is 18.3. The number of aromatic amines is 1. The van der Waals surface area contributed by atoms with Crippen molar-refractivity contribution < 1.29 is 54.4 Å². The number of benzene rings is 2. The second kappa shape index (κ2) is 7.98. The maximum Gasteiger partial charge on any atom is 1.00 e. The van der Waals surface area contributed by atoms with E-state index >= 15 is 0 Å². The molecule has 0 aliphatic heterocycles. The minimum atomic E-state index is -2.52. The van der Waals surface area contributed by atoms with Gasteiger partial charge < -0.3 is 11.3 Å². The topological polar surface area (TPSA) is 88.1 Å². The number of carboxylic acid groups (broad SMARTS) is 1. The Labute approximate surface area is 182 Å². The van der Waals surface area contributed by atoms with Crippen molar-refractivity contribution in [3.8, 4) is 22.8 Å². The van der Waals surface area contributed by atoms with Crippen LogP contribution in [0.2, 0.25) is 0 Å². The number of halogens is 2. The summed E-state index contributed by atoms with van der Waals surface area (Å²) in [5.74, 6) is -3.50. The Bertz CT molecular complexity index is 973. The van der Waals surface area contributed by atoms with Crippen molar-refractivity contribution in [2.24, 2.45) is 0 Å². The predicted octanol–water partition coefficient (Wildman–Crippen LogP) is 1.59. The second-order valence-corrected chi connectivity index (χ2v) is 6.51. The van der Waals surface area contributed by atoms with Crippen molar-refractivity contribution in [2.75, 3.05) is 0 Å². The molecule has 0 saturated heterocycles. The van der Waals surface area contributed by atoms with Crippen molar-refractivity contribution in [1.29, 1.82) is 0 Å². The Balaban J connectivity index is 0.00000150. The normalized spacial score (nSPS) is 15.4. The van der Waals surface area contributed by atoms with Gasteiger partial charge >= 0.3 is 35.5 Å². The third-order valence-corrected chi connectivity index (χ3v) is 4.60. The van der Waals surface area contributed by atoms with Gasteiger partial charge in [-0.25, -0.2) is 18.7 Å². The summed E-state index contributed by atoms with van der Waals surface area (Å²) in [6.45, 7) is 0. The molecule has 3 aromatic rings. The van der Waals surface area contributed by atoms with Crippen LogP contribution in [0.25, 0.3) is 11.1 Å². The Hall–Kier alpha value is -2.29. The molecule has 0 bridgehead atoms. The third-order valence-electron chi connectivity index (χ3n) is 4.60. The first kappa shape index (κ1) is 20.4. The Morgan fingerprint density at radius 2 is 1.68 bits per heavy atom. The van der Waals surface area contributed by atoms with Gasteiger partial charge in [0.1, 0.15) is 5.75 Å². The molecule has 1 aliphatic carbocycles. The number of hydrogen-bond acceptors (Lipinski definition) is 4. The minimum absolute atomic E-state index is 0. The van der Waals surface area contributed by atoms with E-state index in [1.54, 1.807) is 12.1 Å². The van der Waals surface area contributed by atoms with Crippen molar-refractivity contribution in [1.82, 2.24) is 15.4 Å². The smallest absolute Gasteiger partial charge is 1.00 e. The number of rotatable bonds is 5. The molecule has 1 aromatic heterocycles. The summed E-state index contributed by atoms with van der Waals surface area (Å²) in [6, 6.07) is 14.6. The Morgan fingerprint density at radius 3 is 2.21 bits per heavy atom. The molecule has 2 N–H and O–H groups in total. The summed E-state index contributed by atoms with van der Waals surface area (Å²) in [7, 11) is 0. The Kier molecular flexibility index (Phi) is 5.83. The number of H-pyrrole nitrogens is 1. The molecule has 140 valence electrons. The van der Waals surface area contributed by atoms with Crippen LogP contribution >= 0.6 is 0 Å². The Morgan fingerprint density at radius 1 is 1.11 bits per heavy atom. The predicted molar refractivity (Wildman–Crippen MR) is 93.3 cm³/mol. The molecule has 6 nitrogen and oxygen atoms in total. The standard InChI is InChI=1S/C19H15F2N3O3.Na.H/c20-19(21)9-14(10-19)13-3-1-11(2-4-13)12-5-7-15(8-6-12)27-17-16(18(25)26)22-24-23-17;;/h1-8,14H,9-10H2,(H,25,26)(H,22,23,24);;/q;+1;-1. The van der Waals surface area contributed by atoms with Crippen molar-refractivity contribution in [2.45, 2.75) is 24.7 Å². The molecule has 28 heavy (non-hydrogen) atoms. The molecule has 9 heteroatoms. The number of aromatic nitrogens is 3. The number of carboxylic acids is 1. The van der Waals surface area contributed by atoms with Crippen LogP contribution in [0, 0.1) is 0 Å². The molecule has 1 aliphatic rings. The van der Waals surface area contributed by atoms with Gasteiger partial charge in [-0.2, -0.15) is 0 Å². The zero-order chi connectivity index (χ0) is 19.0. The molecule has 1 fully saturated rings. The van der Waals surface area contributed by atoms with Gasteiger partial charge in [-0.05, 0) is 34.7 Å². The first-order chi connectivity index (χ1) is 12.9. The van der Waals surface area contributed by atoms with Crippen LogP contribution in [-0.2, 0) is 0 Å². The molecular weight excluding hydrogens is 379 g/mol. The third kappa shape index (κ3) is 4.24. The number of nitrogens with zero attached hydrogens (tertiary/aromatic N) is 2. The number of ether oxygens (including phenoxy) is 1. The van der Waals surface area contributed by atoms with E-state index in [9.17, 15) is 13.6 Å². The number of aromatic carboxylic acids is 1. The first-order valence-electron chi connectivity index (χ1n) is 8.32. The monoisotopic (exact) mass is 395 g/mol. The molecule has 0 radical (unpaired) electrons. The summed E-state index contributed by atoms with van der Waals surface area (Å²) in [4.78, 5) is 11.0. The van der Waals surface area contributed by atoms with E-state index in [0.29, 0.717) is 5.75 Å². The van der Waals surface area contributed by atoms with E-state index in [-0.39, 0.29) is 61.3 Å². The molecule has 0 amide bonds. The largest absolute Gasteiger partial charge is 1.00 e. The maximum atomic E-state index is 13.0. The van der Waals surface area contributed by atoms with Crippen LogP contribution in [-0.4, -0.2) is 32.4 Å².